The van der Waals surface area contributed by atoms with Gasteiger partial charge in [0.25, 0.3) is 11.8 Å². The molecule has 2 aliphatic rings. The normalized spacial score (nSPS) is 16.0. The molecule has 0 atom stereocenters. The molecule has 1 aromatic heterocycles. The number of ether oxygens (including phenoxy) is 2. The van der Waals surface area contributed by atoms with Gasteiger partial charge in [-0.2, -0.15) is 28.1 Å². The number of hydrogen-bond acceptors (Lipinski definition) is 12. The van der Waals surface area contributed by atoms with Crippen molar-refractivity contribution < 1.29 is 40.7 Å². The number of nitrogens with one attached hydrogen (secondary N) is 2. The Morgan fingerprint density at radius 3 is 2.12 bits per heavy atom. The number of carbonyl (C=O) groups excluding carboxylic acids is 2. The van der Waals surface area contributed by atoms with Crippen LogP contribution in [0.4, 0.5) is 30.8 Å². The van der Waals surface area contributed by atoms with E-state index in [-0.39, 0.29) is 36.5 Å². The van der Waals surface area contributed by atoms with E-state index in [1.165, 1.54) is 31.4 Å². The summed E-state index contributed by atoms with van der Waals surface area (Å²) in [6.07, 6.45) is -3.73. The number of alkyl halides is 3. The maximum atomic E-state index is 13.0. The molecule has 14 nitrogen and oxygen atoms in total. The minimum absolute atomic E-state index is 0.0363. The SMILES string of the molecule is COc1ccc(C(=O)N2CCN(c3nc(Nc4ccc(C(=O)NS(=O)(=O)C5(CN(C)C)CC5)cc4)nc(OCC(F)(F)F)n3)CC2)cc1. The first-order chi connectivity index (χ1) is 22.7. The van der Waals surface area contributed by atoms with Gasteiger partial charge in [-0.1, -0.05) is 0 Å². The van der Waals surface area contributed by atoms with Crippen LogP contribution in [0.3, 0.4) is 0 Å². The first kappa shape index (κ1) is 34.6. The van der Waals surface area contributed by atoms with E-state index in [2.05, 4.69) is 25.0 Å². The van der Waals surface area contributed by atoms with Crippen molar-refractivity contribution in [3.8, 4) is 11.8 Å². The molecule has 0 bridgehead atoms. The van der Waals surface area contributed by atoms with Crippen LogP contribution in [-0.2, 0) is 10.0 Å². The average molecular weight is 693 g/mol. The van der Waals surface area contributed by atoms with Gasteiger partial charge in [0, 0.05) is 49.5 Å². The zero-order valence-corrected chi connectivity index (χ0v) is 27.3. The highest BCUT2D eigenvalue weighted by atomic mass is 32.2. The molecule has 18 heteroatoms. The van der Waals surface area contributed by atoms with Crippen LogP contribution in [-0.4, -0.2) is 116 Å². The number of anilines is 3. The molecule has 48 heavy (non-hydrogen) atoms. The summed E-state index contributed by atoms with van der Waals surface area (Å²) in [6.45, 7) is -0.165. The van der Waals surface area contributed by atoms with Crippen LogP contribution in [0.2, 0.25) is 0 Å². The maximum Gasteiger partial charge on any atom is 0.422 e. The summed E-state index contributed by atoms with van der Waals surface area (Å²) in [5, 5.41) is 2.87. The molecular weight excluding hydrogens is 657 g/mol. The lowest BCUT2D eigenvalue weighted by atomic mass is 10.1. The molecule has 1 aliphatic carbocycles. The van der Waals surface area contributed by atoms with E-state index < -0.39 is 39.5 Å². The fourth-order valence-electron chi connectivity index (χ4n) is 5.13. The van der Waals surface area contributed by atoms with Gasteiger partial charge < -0.3 is 29.5 Å². The third-order valence-electron chi connectivity index (χ3n) is 7.77. The van der Waals surface area contributed by atoms with Crippen molar-refractivity contribution in [2.24, 2.45) is 0 Å². The Bertz CT molecular complexity index is 1730. The molecule has 2 aromatic carbocycles. The molecule has 2 amide bonds. The van der Waals surface area contributed by atoms with Gasteiger partial charge in [0.15, 0.2) is 6.61 Å². The third-order valence-corrected chi connectivity index (χ3v) is 9.90. The van der Waals surface area contributed by atoms with Crippen LogP contribution < -0.4 is 24.4 Å². The van der Waals surface area contributed by atoms with E-state index in [0.29, 0.717) is 49.5 Å². The topological polar surface area (TPSA) is 159 Å². The molecule has 1 saturated heterocycles. The number of piperazine rings is 1. The molecule has 2 heterocycles. The molecule has 0 unspecified atom stereocenters. The summed E-state index contributed by atoms with van der Waals surface area (Å²) in [5.74, 6) is -0.447. The number of methoxy groups -OCH3 is 1. The number of halogens is 3. The van der Waals surface area contributed by atoms with Crippen LogP contribution in [0.15, 0.2) is 48.5 Å². The van der Waals surface area contributed by atoms with Crippen LogP contribution in [0.5, 0.6) is 11.8 Å². The van der Waals surface area contributed by atoms with E-state index in [1.54, 1.807) is 53.1 Å². The van der Waals surface area contributed by atoms with E-state index in [1.807, 2.05) is 0 Å². The quantitative estimate of drug-likeness (QED) is 0.286. The minimum Gasteiger partial charge on any atom is -0.497 e. The largest absolute Gasteiger partial charge is 0.497 e. The predicted molar refractivity (Wildman–Crippen MR) is 169 cm³/mol. The third kappa shape index (κ3) is 8.41. The van der Waals surface area contributed by atoms with Crippen LogP contribution in [0, 0.1) is 0 Å². The molecule has 2 fully saturated rings. The zero-order chi connectivity index (χ0) is 34.7. The van der Waals surface area contributed by atoms with E-state index in [4.69, 9.17) is 9.47 Å². The second-order valence-corrected chi connectivity index (χ2v) is 13.8. The van der Waals surface area contributed by atoms with Gasteiger partial charge in [-0.15, -0.1) is 0 Å². The van der Waals surface area contributed by atoms with Gasteiger partial charge in [-0.3, -0.25) is 9.59 Å². The van der Waals surface area contributed by atoms with Gasteiger partial charge in [0.05, 0.1) is 7.11 Å². The molecule has 5 rings (SSSR count). The number of aromatic nitrogens is 3. The molecule has 3 aromatic rings. The summed E-state index contributed by atoms with van der Waals surface area (Å²) in [4.78, 5) is 43.3. The van der Waals surface area contributed by atoms with Crippen molar-refractivity contribution in [3.63, 3.8) is 0 Å². The summed E-state index contributed by atoms with van der Waals surface area (Å²) in [7, 11) is 1.13. The van der Waals surface area contributed by atoms with Gasteiger partial charge in [0.1, 0.15) is 10.5 Å². The Morgan fingerprint density at radius 2 is 1.56 bits per heavy atom. The second-order valence-electron chi connectivity index (χ2n) is 11.7. The Hall–Kier alpha value is -4.71. The lowest BCUT2D eigenvalue weighted by Gasteiger charge is -2.34. The standard InChI is InChI=1S/C30H35F3N8O6S/c1-39(2)18-29(12-13-29)48(44,45)38-24(42)20-4-8-22(9-5-20)34-26-35-27(37-28(36-26)47-19-30(31,32)33)41-16-14-40(15-17-41)25(43)21-6-10-23(46-3)11-7-21/h4-11H,12-19H2,1-3H3,(H,38,42)(H,34,35,36,37). The Morgan fingerprint density at radius 1 is 0.938 bits per heavy atom. The Balaban J connectivity index is 1.27. The molecule has 1 aliphatic heterocycles. The summed E-state index contributed by atoms with van der Waals surface area (Å²) in [5.41, 5.74) is 0.923. The van der Waals surface area contributed by atoms with Crippen molar-refractivity contribution in [3.05, 3.63) is 59.7 Å². The van der Waals surface area contributed by atoms with Crippen molar-refractivity contribution in [2.75, 3.05) is 70.8 Å². The van der Waals surface area contributed by atoms with E-state index in [9.17, 15) is 31.2 Å². The maximum absolute atomic E-state index is 13.0. The van der Waals surface area contributed by atoms with Gasteiger partial charge >= 0.3 is 12.2 Å². The number of hydrogen-bond donors (Lipinski definition) is 2. The van der Waals surface area contributed by atoms with E-state index >= 15 is 0 Å². The molecule has 0 radical (unpaired) electrons. The highest BCUT2D eigenvalue weighted by Crippen LogP contribution is 2.43. The number of amides is 2. The number of rotatable bonds is 12. The van der Waals surface area contributed by atoms with E-state index in [0.717, 1.165) is 0 Å². The first-order valence-corrected chi connectivity index (χ1v) is 16.4. The van der Waals surface area contributed by atoms with Crippen LogP contribution in [0.1, 0.15) is 33.6 Å². The molecule has 258 valence electrons. The summed E-state index contributed by atoms with van der Waals surface area (Å²) >= 11 is 0. The minimum atomic E-state index is -4.64. The highest BCUT2D eigenvalue weighted by molar-refractivity contribution is 7.91. The Kier molecular flexibility index (Phi) is 9.95. The number of carbonyl (C=O) groups is 2. The fourth-order valence-corrected chi connectivity index (χ4v) is 6.78. The number of nitrogens with zero attached hydrogens (tertiary/aromatic N) is 6. The van der Waals surface area contributed by atoms with Crippen LogP contribution in [0.25, 0.3) is 0 Å². The molecule has 1 saturated carbocycles. The summed E-state index contributed by atoms with van der Waals surface area (Å²) in [6, 6.07) is 11.9. The molecular formula is C30H35F3N8O6S. The van der Waals surface area contributed by atoms with Crippen molar-refractivity contribution in [1.29, 1.82) is 0 Å². The monoisotopic (exact) mass is 692 g/mol. The van der Waals surface area contributed by atoms with Gasteiger partial charge in [0.2, 0.25) is 21.9 Å². The number of benzene rings is 2. The predicted octanol–water partition coefficient (Wildman–Crippen LogP) is 2.68. The lowest BCUT2D eigenvalue weighted by Crippen LogP contribution is -2.49. The molecule has 2 N–H and O–H groups in total. The fraction of sp³-hybridized carbons (Fsp3) is 0.433. The lowest BCUT2D eigenvalue weighted by molar-refractivity contribution is -0.154. The van der Waals surface area contributed by atoms with Crippen molar-refractivity contribution in [1.82, 2.24) is 29.5 Å². The van der Waals surface area contributed by atoms with Gasteiger partial charge in [-0.05, 0) is 75.5 Å². The Labute approximate surface area is 275 Å². The summed E-state index contributed by atoms with van der Waals surface area (Å²) < 4.78 is 75.7. The van der Waals surface area contributed by atoms with Crippen LogP contribution >= 0.6 is 0 Å². The highest BCUT2D eigenvalue weighted by Gasteiger charge is 2.55. The van der Waals surface area contributed by atoms with Crippen molar-refractivity contribution in [2.45, 2.75) is 23.8 Å². The van der Waals surface area contributed by atoms with Gasteiger partial charge in [-0.25, -0.2) is 13.1 Å². The zero-order valence-electron chi connectivity index (χ0n) is 26.5. The number of sulfonamides is 1. The second kappa shape index (κ2) is 13.8. The average Bonchev–Trinajstić information content (AvgIpc) is 3.84. The first-order valence-electron chi connectivity index (χ1n) is 14.9. The van der Waals surface area contributed by atoms with Crippen molar-refractivity contribution >= 4 is 39.4 Å². The molecule has 0 spiro atoms. The smallest absolute Gasteiger partial charge is 0.422 e.